The fourth-order valence-corrected chi connectivity index (χ4v) is 2.48. The molecule has 0 bridgehead atoms. The summed E-state index contributed by atoms with van der Waals surface area (Å²) < 4.78 is 14.1. The standard InChI is InChI=1S/C17H16BrFN2O2/c1-12(22)21(14-6-4-5-13(19)11-14)10-9-17(23)20-16-8-3-2-7-15(16)18/h2-8,11H,9-10H2,1H3,(H,20,23). The van der Waals surface area contributed by atoms with Crippen LogP contribution in [0.3, 0.4) is 0 Å². The fourth-order valence-electron chi connectivity index (χ4n) is 2.10. The van der Waals surface area contributed by atoms with Crippen molar-refractivity contribution in [3.63, 3.8) is 0 Å². The molecule has 2 aromatic carbocycles. The highest BCUT2D eigenvalue weighted by molar-refractivity contribution is 9.10. The number of nitrogens with zero attached hydrogens (tertiary/aromatic N) is 1. The van der Waals surface area contributed by atoms with Crippen LogP contribution in [0.2, 0.25) is 0 Å². The van der Waals surface area contributed by atoms with Gasteiger partial charge in [-0.2, -0.15) is 0 Å². The Morgan fingerprint density at radius 1 is 1.17 bits per heavy atom. The predicted octanol–water partition coefficient (Wildman–Crippen LogP) is 3.97. The van der Waals surface area contributed by atoms with Crippen molar-refractivity contribution in [1.29, 1.82) is 0 Å². The van der Waals surface area contributed by atoms with Crippen molar-refractivity contribution in [2.75, 3.05) is 16.8 Å². The summed E-state index contributed by atoms with van der Waals surface area (Å²) in [7, 11) is 0. The van der Waals surface area contributed by atoms with Crippen LogP contribution in [0.15, 0.2) is 53.0 Å². The van der Waals surface area contributed by atoms with Gasteiger partial charge < -0.3 is 10.2 Å². The summed E-state index contributed by atoms with van der Waals surface area (Å²) >= 11 is 3.35. The molecule has 2 rings (SSSR count). The van der Waals surface area contributed by atoms with Crippen molar-refractivity contribution in [2.45, 2.75) is 13.3 Å². The Morgan fingerprint density at radius 2 is 1.91 bits per heavy atom. The topological polar surface area (TPSA) is 49.4 Å². The molecule has 0 aliphatic carbocycles. The van der Waals surface area contributed by atoms with Crippen molar-refractivity contribution in [2.24, 2.45) is 0 Å². The second-order valence-corrected chi connectivity index (χ2v) is 5.78. The third kappa shape index (κ3) is 4.89. The van der Waals surface area contributed by atoms with Gasteiger partial charge in [-0.15, -0.1) is 0 Å². The lowest BCUT2D eigenvalue weighted by Gasteiger charge is -2.21. The zero-order chi connectivity index (χ0) is 16.8. The lowest BCUT2D eigenvalue weighted by Crippen LogP contribution is -2.32. The monoisotopic (exact) mass is 378 g/mol. The molecule has 0 aliphatic rings. The van der Waals surface area contributed by atoms with Crippen LogP contribution in [0, 0.1) is 5.82 Å². The molecule has 6 heteroatoms. The van der Waals surface area contributed by atoms with Crippen LogP contribution in [-0.4, -0.2) is 18.4 Å². The highest BCUT2D eigenvalue weighted by atomic mass is 79.9. The van der Waals surface area contributed by atoms with E-state index in [0.717, 1.165) is 4.47 Å². The Hall–Kier alpha value is -2.21. The quantitative estimate of drug-likeness (QED) is 0.855. The van der Waals surface area contributed by atoms with Crippen LogP contribution in [0.25, 0.3) is 0 Å². The molecule has 0 heterocycles. The molecular weight excluding hydrogens is 363 g/mol. The number of carbonyl (C=O) groups is 2. The summed E-state index contributed by atoms with van der Waals surface area (Å²) in [5, 5.41) is 2.77. The summed E-state index contributed by atoms with van der Waals surface area (Å²) in [5.74, 6) is -0.893. The van der Waals surface area contributed by atoms with E-state index in [2.05, 4.69) is 21.2 Å². The smallest absolute Gasteiger partial charge is 0.226 e. The normalized spacial score (nSPS) is 10.2. The fraction of sp³-hybridized carbons (Fsp3) is 0.176. The zero-order valence-electron chi connectivity index (χ0n) is 12.6. The first-order valence-electron chi connectivity index (χ1n) is 7.05. The first kappa shape index (κ1) is 17.1. The van der Waals surface area contributed by atoms with Crippen molar-refractivity contribution >= 4 is 39.1 Å². The molecule has 4 nitrogen and oxygen atoms in total. The second kappa shape index (κ2) is 7.87. The van der Waals surface area contributed by atoms with Gasteiger partial charge in [-0.3, -0.25) is 9.59 Å². The lowest BCUT2D eigenvalue weighted by atomic mass is 10.2. The molecule has 0 aliphatic heterocycles. The minimum absolute atomic E-state index is 0.109. The maximum atomic E-state index is 13.3. The van der Waals surface area contributed by atoms with Gasteiger partial charge in [0.25, 0.3) is 0 Å². The molecule has 0 atom stereocenters. The van der Waals surface area contributed by atoms with Gasteiger partial charge in [0.15, 0.2) is 0 Å². The first-order valence-corrected chi connectivity index (χ1v) is 7.84. The summed E-state index contributed by atoms with van der Waals surface area (Å²) in [4.78, 5) is 25.2. The summed E-state index contributed by atoms with van der Waals surface area (Å²) in [6.45, 7) is 1.56. The van der Waals surface area contributed by atoms with E-state index in [1.165, 1.54) is 30.0 Å². The van der Waals surface area contributed by atoms with Gasteiger partial charge >= 0.3 is 0 Å². The molecule has 1 N–H and O–H groups in total. The molecule has 0 fully saturated rings. The van der Waals surface area contributed by atoms with E-state index in [1.807, 2.05) is 18.2 Å². The minimum Gasteiger partial charge on any atom is -0.325 e. The van der Waals surface area contributed by atoms with E-state index in [1.54, 1.807) is 12.1 Å². The molecule has 0 saturated heterocycles. The molecule has 23 heavy (non-hydrogen) atoms. The highest BCUT2D eigenvalue weighted by Gasteiger charge is 2.14. The summed E-state index contributed by atoms with van der Waals surface area (Å²) in [6.07, 6.45) is 0.109. The number of amides is 2. The van der Waals surface area contributed by atoms with Crippen LogP contribution in [0.1, 0.15) is 13.3 Å². The third-order valence-electron chi connectivity index (χ3n) is 3.21. The minimum atomic E-state index is -0.425. The maximum absolute atomic E-state index is 13.3. The van der Waals surface area contributed by atoms with E-state index in [-0.39, 0.29) is 24.8 Å². The van der Waals surface area contributed by atoms with Gasteiger partial charge in [0.1, 0.15) is 5.82 Å². The Labute approximate surface area is 142 Å². The SMILES string of the molecule is CC(=O)N(CCC(=O)Nc1ccccc1Br)c1cccc(F)c1. The van der Waals surface area contributed by atoms with Crippen molar-refractivity contribution in [3.8, 4) is 0 Å². The Morgan fingerprint density at radius 3 is 2.57 bits per heavy atom. The van der Waals surface area contributed by atoms with E-state index in [9.17, 15) is 14.0 Å². The van der Waals surface area contributed by atoms with Crippen LogP contribution in [-0.2, 0) is 9.59 Å². The van der Waals surface area contributed by atoms with Crippen LogP contribution >= 0.6 is 15.9 Å². The Balaban J connectivity index is 2.00. The number of carbonyl (C=O) groups excluding carboxylic acids is 2. The highest BCUT2D eigenvalue weighted by Crippen LogP contribution is 2.21. The first-order chi connectivity index (χ1) is 11.0. The molecule has 0 unspecified atom stereocenters. The van der Waals surface area contributed by atoms with Crippen molar-refractivity contribution < 1.29 is 14.0 Å². The number of hydrogen-bond donors (Lipinski definition) is 1. The molecule has 0 spiro atoms. The Kier molecular flexibility index (Phi) is 5.87. The molecule has 2 amide bonds. The van der Waals surface area contributed by atoms with E-state index in [0.29, 0.717) is 11.4 Å². The van der Waals surface area contributed by atoms with Gasteiger partial charge in [-0.1, -0.05) is 18.2 Å². The lowest BCUT2D eigenvalue weighted by molar-refractivity contribution is -0.117. The van der Waals surface area contributed by atoms with Gasteiger partial charge in [0, 0.05) is 30.0 Å². The van der Waals surface area contributed by atoms with Gasteiger partial charge in [-0.25, -0.2) is 4.39 Å². The molecular formula is C17H16BrFN2O2. The number of benzene rings is 2. The average Bonchev–Trinajstić information content (AvgIpc) is 2.49. The molecule has 2 aromatic rings. The van der Waals surface area contributed by atoms with E-state index < -0.39 is 5.82 Å². The van der Waals surface area contributed by atoms with Crippen LogP contribution < -0.4 is 10.2 Å². The van der Waals surface area contributed by atoms with Gasteiger partial charge in [-0.05, 0) is 46.3 Å². The van der Waals surface area contributed by atoms with Crippen molar-refractivity contribution in [3.05, 3.63) is 58.8 Å². The number of hydrogen-bond acceptors (Lipinski definition) is 2. The van der Waals surface area contributed by atoms with E-state index in [4.69, 9.17) is 0 Å². The number of nitrogens with one attached hydrogen (secondary N) is 1. The molecule has 0 saturated carbocycles. The van der Waals surface area contributed by atoms with Crippen LogP contribution in [0.5, 0.6) is 0 Å². The van der Waals surface area contributed by atoms with Gasteiger partial charge in [0.05, 0.1) is 5.69 Å². The zero-order valence-corrected chi connectivity index (χ0v) is 14.1. The third-order valence-corrected chi connectivity index (χ3v) is 3.90. The number of para-hydroxylation sites is 1. The summed E-state index contributed by atoms with van der Waals surface area (Å²) in [5.41, 5.74) is 1.10. The second-order valence-electron chi connectivity index (χ2n) is 4.93. The average molecular weight is 379 g/mol. The molecule has 120 valence electrons. The molecule has 0 radical (unpaired) electrons. The largest absolute Gasteiger partial charge is 0.325 e. The van der Waals surface area contributed by atoms with Crippen LogP contribution in [0.4, 0.5) is 15.8 Å². The molecule has 0 aromatic heterocycles. The van der Waals surface area contributed by atoms with Crippen molar-refractivity contribution in [1.82, 2.24) is 0 Å². The van der Waals surface area contributed by atoms with E-state index >= 15 is 0 Å². The number of anilines is 2. The Bertz CT molecular complexity index is 721. The number of rotatable bonds is 5. The maximum Gasteiger partial charge on any atom is 0.226 e. The summed E-state index contributed by atoms with van der Waals surface area (Å²) in [6, 6.07) is 13.0. The predicted molar refractivity (Wildman–Crippen MR) is 91.8 cm³/mol. The van der Waals surface area contributed by atoms with Gasteiger partial charge in [0.2, 0.25) is 11.8 Å². The number of halogens is 2.